The number of hydrogen-bond acceptors (Lipinski definition) is 2. The van der Waals surface area contributed by atoms with E-state index in [0.29, 0.717) is 5.75 Å². The highest BCUT2D eigenvalue weighted by Gasteiger charge is 2.17. The smallest absolute Gasteiger partial charge is 0.241 e. The summed E-state index contributed by atoms with van der Waals surface area (Å²) in [4.78, 5) is 14.6. The normalized spacial score (nSPS) is 10.3. The molecule has 0 aliphatic carbocycles. The molecule has 0 atom stereocenters. The largest absolute Gasteiger partial charge is 0.280 e. The SMILES string of the molecule is O=C(CSCc1ccccc1)N(c1ccccc1)c1ccccc1. The Bertz CT molecular complexity index is 720. The third kappa shape index (κ3) is 4.27. The number of para-hydroxylation sites is 2. The molecule has 24 heavy (non-hydrogen) atoms. The van der Waals surface area contributed by atoms with Crippen LogP contribution in [0.15, 0.2) is 91.0 Å². The van der Waals surface area contributed by atoms with Crippen LogP contribution in [0.2, 0.25) is 0 Å². The van der Waals surface area contributed by atoms with Crippen LogP contribution < -0.4 is 4.90 Å². The van der Waals surface area contributed by atoms with Gasteiger partial charge < -0.3 is 0 Å². The molecular formula is C21H19NOS. The van der Waals surface area contributed by atoms with Crippen LogP contribution in [0.1, 0.15) is 5.56 Å². The summed E-state index contributed by atoms with van der Waals surface area (Å²) < 4.78 is 0. The Labute approximate surface area is 147 Å². The summed E-state index contributed by atoms with van der Waals surface area (Å²) in [6.07, 6.45) is 0. The van der Waals surface area contributed by atoms with Gasteiger partial charge in [-0.2, -0.15) is 0 Å². The molecule has 120 valence electrons. The van der Waals surface area contributed by atoms with E-state index in [9.17, 15) is 4.79 Å². The van der Waals surface area contributed by atoms with E-state index in [-0.39, 0.29) is 5.91 Å². The quantitative estimate of drug-likeness (QED) is 0.611. The summed E-state index contributed by atoms with van der Waals surface area (Å²) in [5.41, 5.74) is 3.03. The van der Waals surface area contributed by atoms with Gasteiger partial charge in [0.25, 0.3) is 0 Å². The Kier molecular flexibility index (Phi) is 5.70. The molecule has 0 fully saturated rings. The zero-order chi connectivity index (χ0) is 16.6. The van der Waals surface area contributed by atoms with Gasteiger partial charge in [-0.1, -0.05) is 66.7 Å². The van der Waals surface area contributed by atoms with Gasteiger partial charge in [0.2, 0.25) is 5.91 Å². The number of nitrogens with zero attached hydrogens (tertiary/aromatic N) is 1. The molecule has 1 amide bonds. The van der Waals surface area contributed by atoms with Gasteiger partial charge in [-0.3, -0.25) is 9.69 Å². The third-order valence-electron chi connectivity index (χ3n) is 3.62. The number of hydrogen-bond donors (Lipinski definition) is 0. The summed E-state index contributed by atoms with van der Waals surface area (Å²) in [6.45, 7) is 0. The van der Waals surface area contributed by atoms with Crippen molar-refractivity contribution in [3.63, 3.8) is 0 Å². The minimum atomic E-state index is 0.0910. The molecular weight excluding hydrogens is 314 g/mol. The first-order valence-corrected chi connectivity index (χ1v) is 9.05. The second-order valence-electron chi connectivity index (χ2n) is 5.38. The lowest BCUT2D eigenvalue weighted by atomic mass is 10.2. The van der Waals surface area contributed by atoms with Crippen LogP contribution in [0, 0.1) is 0 Å². The van der Waals surface area contributed by atoms with Gasteiger partial charge in [0.05, 0.1) is 5.75 Å². The second kappa shape index (κ2) is 8.37. The van der Waals surface area contributed by atoms with Crippen molar-refractivity contribution in [3.05, 3.63) is 96.6 Å². The van der Waals surface area contributed by atoms with Gasteiger partial charge in [0, 0.05) is 17.1 Å². The number of rotatable bonds is 6. The standard InChI is InChI=1S/C21H19NOS/c23-21(17-24-16-18-10-4-1-5-11-18)22(19-12-6-2-7-13-19)20-14-8-3-9-15-20/h1-15H,16-17H2. The molecule has 3 aromatic carbocycles. The van der Waals surface area contributed by atoms with E-state index in [1.165, 1.54) is 5.56 Å². The molecule has 0 saturated heterocycles. The van der Waals surface area contributed by atoms with Crippen molar-refractivity contribution < 1.29 is 4.79 Å². The predicted molar refractivity (Wildman–Crippen MR) is 103 cm³/mol. The highest BCUT2D eigenvalue weighted by atomic mass is 32.2. The van der Waals surface area contributed by atoms with E-state index >= 15 is 0 Å². The Hall–Kier alpha value is -2.52. The molecule has 0 radical (unpaired) electrons. The van der Waals surface area contributed by atoms with Crippen LogP contribution in [0.5, 0.6) is 0 Å². The van der Waals surface area contributed by atoms with Gasteiger partial charge in [0.15, 0.2) is 0 Å². The molecule has 0 heterocycles. The van der Waals surface area contributed by atoms with Crippen molar-refractivity contribution in [3.8, 4) is 0 Å². The number of carbonyl (C=O) groups is 1. The molecule has 0 aliphatic rings. The Morgan fingerprint density at radius 1 is 0.708 bits per heavy atom. The van der Waals surface area contributed by atoms with Crippen LogP contribution in [0.25, 0.3) is 0 Å². The fourth-order valence-corrected chi connectivity index (χ4v) is 3.32. The molecule has 0 aliphatic heterocycles. The lowest BCUT2D eigenvalue weighted by Gasteiger charge is -2.23. The van der Waals surface area contributed by atoms with E-state index in [0.717, 1.165) is 17.1 Å². The number of anilines is 2. The van der Waals surface area contributed by atoms with Crippen LogP contribution in [-0.2, 0) is 10.5 Å². The van der Waals surface area contributed by atoms with Crippen LogP contribution >= 0.6 is 11.8 Å². The average Bonchev–Trinajstić information content (AvgIpc) is 2.65. The molecule has 0 aromatic heterocycles. The monoisotopic (exact) mass is 333 g/mol. The number of carbonyl (C=O) groups excluding carboxylic acids is 1. The first-order valence-electron chi connectivity index (χ1n) is 7.89. The van der Waals surface area contributed by atoms with Crippen molar-refractivity contribution in [1.82, 2.24) is 0 Å². The molecule has 0 bridgehead atoms. The Morgan fingerprint density at radius 3 is 1.67 bits per heavy atom. The number of amides is 1. The Morgan fingerprint density at radius 2 is 1.17 bits per heavy atom. The zero-order valence-electron chi connectivity index (χ0n) is 13.3. The summed E-state index contributed by atoms with van der Waals surface area (Å²) in [6, 6.07) is 29.8. The summed E-state index contributed by atoms with van der Waals surface area (Å²) in [5.74, 6) is 1.37. The van der Waals surface area contributed by atoms with Crippen LogP contribution in [-0.4, -0.2) is 11.7 Å². The van der Waals surface area contributed by atoms with Crippen LogP contribution in [0.3, 0.4) is 0 Å². The van der Waals surface area contributed by atoms with Crippen molar-refractivity contribution in [2.45, 2.75) is 5.75 Å². The van der Waals surface area contributed by atoms with E-state index in [1.807, 2.05) is 78.9 Å². The summed E-state index contributed by atoms with van der Waals surface area (Å²) in [5, 5.41) is 0. The molecule has 3 heteroatoms. The first kappa shape index (κ1) is 16.3. The maximum atomic E-state index is 12.8. The molecule has 0 N–H and O–H groups in total. The van der Waals surface area contributed by atoms with Gasteiger partial charge in [-0.15, -0.1) is 11.8 Å². The third-order valence-corrected chi connectivity index (χ3v) is 4.60. The maximum absolute atomic E-state index is 12.8. The van der Waals surface area contributed by atoms with E-state index in [1.54, 1.807) is 16.7 Å². The summed E-state index contributed by atoms with van der Waals surface area (Å²) >= 11 is 1.64. The minimum Gasteiger partial charge on any atom is -0.280 e. The van der Waals surface area contributed by atoms with Gasteiger partial charge in [-0.25, -0.2) is 0 Å². The highest BCUT2D eigenvalue weighted by molar-refractivity contribution is 7.99. The first-order chi connectivity index (χ1) is 11.8. The molecule has 0 unspecified atom stereocenters. The van der Waals surface area contributed by atoms with E-state index < -0.39 is 0 Å². The van der Waals surface area contributed by atoms with E-state index in [4.69, 9.17) is 0 Å². The fraction of sp³-hybridized carbons (Fsp3) is 0.0952. The Balaban J connectivity index is 1.72. The van der Waals surface area contributed by atoms with Crippen molar-refractivity contribution in [2.24, 2.45) is 0 Å². The van der Waals surface area contributed by atoms with Gasteiger partial charge in [-0.05, 0) is 29.8 Å². The van der Waals surface area contributed by atoms with Crippen LogP contribution in [0.4, 0.5) is 11.4 Å². The van der Waals surface area contributed by atoms with E-state index in [2.05, 4.69) is 12.1 Å². The van der Waals surface area contributed by atoms with Gasteiger partial charge >= 0.3 is 0 Å². The van der Waals surface area contributed by atoms with Gasteiger partial charge in [0.1, 0.15) is 0 Å². The minimum absolute atomic E-state index is 0.0910. The van der Waals surface area contributed by atoms with Crippen molar-refractivity contribution >= 4 is 29.0 Å². The zero-order valence-corrected chi connectivity index (χ0v) is 14.2. The molecule has 0 spiro atoms. The molecule has 3 aromatic rings. The number of benzene rings is 3. The lowest BCUT2D eigenvalue weighted by Crippen LogP contribution is -2.27. The predicted octanol–water partition coefficient (Wildman–Crippen LogP) is 5.28. The average molecular weight is 333 g/mol. The second-order valence-corrected chi connectivity index (χ2v) is 6.36. The number of thioether (sulfide) groups is 1. The fourth-order valence-electron chi connectivity index (χ4n) is 2.49. The molecule has 3 rings (SSSR count). The highest BCUT2D eigenvalue weighted by Crippen LogP contribution is 2.26. The summed E-state index contributed by atoms with van der Waals surface area (Å²) in [7, 11) is 0. The maximum Gasteiger partial charge on any atom is 0.241 e. The van der Waals surface area contributed by atoms with Crippen molar-refractivity contribution in [2.75, 3.05) is 10.7 Å². The van der Waals surface area contributed by atoms with Crippen molar-refractivity contribution in [1.29, 1.82) is 0 Å². The molecule has 0 saturated carbocycles. The lowest BCUT2D eigenvalue weighted by molar-refractivity contribution is -0.115. The molecule has 2 nitrogen and oxygen atoms in total. The topological polar surface area (TPSA) is 20.3 Å².